The number of carbonyl (C=O) groups excluding carboxylic acids is 1. The molecule has 11 nitrogen and oxygen atoms in total. The van der Waals surface area contributed by atoms with Crippen molar-refractivity contribution >= 4 is 15.7 Å². The molecule has 6 rings (SSSR count). The van der Waals surface area contributed by atoms with Crippen molar-refractivity contribution in [1.29, 1.82) is 0 Å². The van der Waals surface area contributed by atoms with Crippen molar-refractivity contribution < 1.29 is 32.5 Å². The minimum absolute atomic E-state index is 0.00292. The third-order valence-electron chi connectivity index (χ3n) is 10.9. The average molecular weight is 809 g/mol. The number of H-pyrrole nitrogens is 1. The van der Waals surface area contributed by atoms with Gasteiger partial charge in [0.15, 0.2) is 9.84 Å². The topological polar surface area (TPSA) is 166 Å². The Kier molecular flexibility index (Phi) is 15.8. The molecule has 308 valence electrons. The van der Waals surface area contributed by atoms with E-state index >= 15 is 8.42 Å². The summed E-state index contributed by atoms with van der Waals surface area (Å²) in [7, 11) is -4.18. The van der Waals surface area contributed by atoms with Crippen LogP contribution < -0.4 is 11.1 Å². The number of aromatic nitrogens is 2. The number of hydrogen-bond donors (Lipinski definition) is 4. The average Bonchev–Trinajstić information content (AvgIpc) is 3.77. The number of nitrogens with two attached hydrogens (primary N) is 1. The van der Waals surface area contributed by atoms with E-state index in [0.29, 0.717) is 18.5 Å². The fraction of sp³-hybridized carbons (Fsp3) is 0.391. The summed E-state index contributed by atoms with van der Waals surface area (Å²) in [6, 6.07) is 33.2. The Hall–Kier alpha value is -4.69. The van der Waals surface area contributed by atoms with Crippen molar-refractivity contribution in [2.75, 3.05) is 6.61 Å². The molecule has 1 fully saturated rings. The highest BCUT2D eigenvalue weighted by molar-refractivity contribution is 7.92. The molecule has 58 heavy (non-hydrogen) atoms. The number of imidazole rings is 1. The zero-order valence-electron chi connectivity index (χ0n) is 33.1. The normalized spacial score (nSPS) is 16.8. The minimum Gasteiger partial charge on any atom is -0.388 e. The molecule has 1 aliphatic rings. The Morgan fingerprint density at radius 2 is 1.40 bits per heavy atom. The molecule has 0 bridgehead atoms. The molecule has 3 unspecified atom stereocenters. The summed E-state index contributed by atoms with van der Waals surface area (Å²) in [4.78, 5) is 21.4. The van der Waals surface area contributed by atoms with Gasteiger partial charge in [-0.3, -0.25) is 4.79 Å². The van der Waals surface area contributed by atoms with E-state index < -0.39 is 51.4 Å². The second-order valence-corrected chi connectivity index (χ2v) is 17.3. The fourth-order valence-corrected chi connectivity index (χ4v) is 9.95. The molecule has 5 N–H and O–H groups in total. The molecule has 0 spiro atoms. The van der Waals surface area contributed by atoms with Crippen molar-refractivity contribution in [3.8, 4) is 0 Å². The van der Waals surface area contributed by atoms with Crippen molar-refractivity contribution in [1.82, 2.24) is 15.3 Å². The van der Waals surface area contributed by atoms with E-state index in [4.69, 9.17) is 19.9 Å². The van der Waals surface area contributed by atoms with Gasteiger partial charge in [-0.05, 0) is 54.5 Å². The molecule has 1 aromatic heterocycles. The lowest BCUT2D eigenvalue weighted by atomic mass is 9.82. The summed E-state index contributed by atoms with van der Waals surface area (Å²) < 4.78 is 49.8. The molecule has 1 amide bonds. The standard InChI is InChI=1S/C46H56N4O7S/c1-33-22-24-39(25-23-33)58(53,54)45(37-20-12-5-13-21-37)42(50-46(52)40(47)26-38-27-48-32-49-38)43(51)44(57-30-36-18-10-4-11-19-36)41(56-29-35-16-8-3-9-17-35)31-55-28-34-14-6-2-7-15-34/h2-4,6-11,14-19,22-25,27,32,37,40-45,51H,5,12-13,20-21,26,28-31,47H2,1H3,(H,48,49)(H,50,52)/t40-,41?,42-,43+,44?,45?/m0/s1. The zero-order valence-corrected chi connectivity index (χ0v) is 33.9. The fourth-order valence-electron chi connectivity index (χ4n) is 7.73. The molecule has 4 aromatic carbocycles. The Balaban J connectivity index is 1.42. The van der Waals surface area contributed by atoms with Gasteiger partial charge in [-0.2, -0.15) is 0 Å². The number of aromatic amines is 1. The van der Waals surface area contributed by atoms with Gasteiger partial charge in [0.2, 0.25) is 5.91 Å². The Labute approximate surface area is 342 Å². The molecule has 0 aliphatic heterocycles. The van der Waals surface area contributed by atoms with Gasteiger partial charge in [-0.25, -0.2) is 13.4 Å². The van der Waals surface area contributed by atoms with Crippen LogP contribution in [0, 0.1) is 12.8 Å². The van der Waals surface area contributed by atoms with Crippen LogP contribution in [0.2, 0.25) is 0 Å². The van der Waals surface area contributed by atoms with Gasteiger partial charge in [0.05, 0.1) is 55.0 Å². The quantitative estimate of drug-likeness (QED) is 0.0671. The predicted molar refractivity (Wildman–Crippen MR) is 223 cm³/mol. The highest BCUT2D eigenvalue weighted by Crippen LogP contribution is 2.37. The smallest absolute Gasteiger partial charge is 0.237 e. The van der Waals surface area contributed by atoms with Crippen molar-refractivity contribution in [3.05, 3.63) is 156 Å². The first kappa shape index (κ1) is 42.9. The Bertz CT molecular complexity index is 2050. The summed E-state index contributed by atoms with van der Waals surface area (Å²) in [6.07, 6.45) is 3.38. The molecular weight excluding hydrogens is 753 g/mol. The van der Waals surface area contributed by atoms with E-state index in [1.807, 2.05) is 97.9 Å². The molecule has 1 heterocycles. The van der Waals surface area contributed by atoms with Gasteiger partial charge in [-0.15, -0.1) is 0 Å². The monoisotopic (exact) mass is 808 g/mol. The number of amides is 1. The first-order chi connectivity index (χ1) is 28.2. The van der Waals surface area contributed by atoms with Crippen LogP contribution in [-0.2, 0) is 55.1 Å². The van der Waals surface area contributed by atoms with E-state index in [2.05, 4.69) is 15.3 Å². The number of nitrogens with zero attached hydrogens (tertiary/aromatic N) is 1. The van der Waals surface area contributed by atoms with Crippen LogP contribution in [-0.4, -0.2) is 71.7 Å². The van der Waals surface area contributed by atoms with Crippen molar-refractivity contribution in [2.45, 2.75) is 106 Å². The number of carbonyl (C=O) groups is 1. The van der Waals surface area contributed by atoms with Gasteiger partial charge >= 0.3 is 0 Å². The van der Waals surface area contributed by atoms with Crippen LogP contribution in [0.4, 0.5) is 0 Å². The summed E-state index contributed by atoms with van der Waals surface area (Å²) in [6.45, 7) is 2.40. The first-order valence-corrected chi connectivity index (χ1v) is 21.7. The highest BCUT2D eigenvalue weighted by atomic mass is 32.2. The summed E-state index contributed by atoms with van der Waals surface area (Å²) in [5, 5.41) is 14.8. The second kappa shape index (κ2) is 21.4. The van der Waals surface area contributed by atoms with Gasteiger partial charge in [-0.1, -0.05) is 128 Å². The molecule has 12 heteroatoms. The molecular formula is C46H56N4O7S. The van der Waals surface area contributed by atoms with Gasteiger partial charge in [0.25, 0.3) is 0 Å². The summed E-state index contributed by atoms with van der Waals surface area (Å²) in [5.41, 5.74) is 10.7. The second-order valence-electron chi connectivity index (χ2n) is 15.2. The lowest BCUT2D eigenvalue weighted by Crippen LogP contribution is -2.63. The molecule has 0 radical (unpaired) electrons. The van der Waals surface area contributed by atoms with E-state index in [1.165, 1.54) is 6.33 Å². The number of aryl methyl sites for hydroxylation is 1. The zero-order chi connectivity index (χ0) is 40.7. The molecule has 1 aliphatic carbocycles. The van der Waals surface area contributed by atoms with Gasteiger partial charge in [0.1, 0.15) is 18.3 Å². The summed E-state index contributed by atoms with van der Waals surface area (Å²) in [5.74, 6) is -0.987. The van der Waals surface area contributed by atoms with E-state index in [0.717, 1.165) is 41.5 Å². The minimum atomic E-state index is -4.18. The van der Waals surface area contributed by atoms with Crippen LogP contribution in [0.25, 0.3) is 0 Å². The number of nitrogens with one attached hydrogen (secondary N) is 2. The van der Waals surface area contributed by atoms with Gasteiger partial charge in [0, 0.05) is 18.3 Å². The maximum Gasteiger partial charge on any atom is 0.237 e. The largest absolute Gasteiger partial charge is 0.388 e. The number of aliphatic hydroxyl groups is 1. The van der Waals surface area contributed by atoms with Crippen LogP contribution >= 0.6 is 0 Å². The molecule has 1 saturated carbocycles. The number of hydrogen-bond acceptors (Lipinski definition) is 9. The third kappa shape index (κ3) is 11.9. The first-order valence-electron chi connectivity index (χ1n) is 20.1. The van der Waals surface area contributed by atoms with Gasteiger partial charge < -0.3 is 35.4 Å². The van der Waals surface area contributed by atoms with Crippen LogP contribution in [0.5, 0.6) is 0 Å². The van der Waals surface area contributed by atoms with Crippen LogP contribution in [0.3, 0.4) is 0 Å². The van der Waals surface area contributed by atoms with E-state index in [-0.39, 0.29) is 43.7 Å². The van der Waals surface area contributed by atoms with Crippen LogP contribution in [0.15, 0.2) is 133 Å². The Morgan fingerprint density at radius 1 is 0.828 bits per heavy atom. The third-order valence-corrected chi connectivity index (χ3v) is 13.2. The number of sulfone groups is 1. The lowest BCUT2D eigenvalue weighted by molar-refractivity contribution is -0.161. The lowest BCUT2D eigenvalue weighted by Gasteiger charge is -2.41. The molecule has 0 saturated heterocycles. The Morgan fingerprint density at radius 3 is 1.97 bits per heavy atom. The van der Waals surface area contributed by atoms with Crippen LogP contribution in [0.1, 0.15) is 60.1 Å². The number of aliphatic hydroxyl groups excluding tert-OH is 1. The van der Waals surface area contributed by atoms with E-state index in [1.54, 1.807) is 30.5 Å². The van der Waals surface area contributed by atoms with Crippen molar-refractivity contribution in [3.63, 3.8) is 0 Å². The highest BCUT2D eigenvalue weighted by Gasteiger charge is 2.48. The van der Waals surface area contributed by atoms with E-state index in [9.17, 15) is 9.90 Å². The number of benzene rings is 4. The molecule has 5 aromatic rings. The predicted octanol–water partition coefficient (Wildman–Crippen LogP) is 6.24. The molecule has 6 atom stereocenters. The number of rotatable bonds is 21. The SMILES string of the molecule is Cc1ccc(S(=O)(=O)C(C2CCCCC2)[C@@H](NC(=O)[C@@H](N)Cc2cnc[nH]2)[C@@H](O)C(OCc2ccccc2)C(COCc2ccccc2)OCc2ccccc2)cc1. The maximum absolute atomic E-state index is 15.1. The summed E-state index contributed by atoms with van der Waals surface area (Å²) >= 11 is 0. The van der Waals surface area contributed by atoms with Crippen molar-refractivity contribution in [2.24, 2.45) is 11.7 Å². The maximum atomic E-state index is 15.1. The number of ether oxygens (including phenoxy) is 3.